The van der Waals surface area contributed by atoms with Gasteiger partial charge in [-0.3, -0.25) is 0 Å². The number of hydrogen-bond donors (Lipinski definition) is 2. The standard InChI is InChI=1S/C17H21FO5/c1-2-22-17-13(4-3-9-19)14(10-15(23-17)16(20)21)11-5-7-12(18)8-6-11/h5-8,10,13-14,17,19H,2-4,9H2,1H3,(H,20,21)/t13-,14+,17+/m0/s1. The molecule has 0 fully saturated rings. The summed E-state index contributed by atoms with van der Waals surface area (Å²) >= 11 is 0. The van der Waals surface area contributed by atoms with E-state index in [2.05, 4.69) is 0 Å². The second-order valence-corrected chi connectivity index (χ2v) is 5.38. The molecule has 3 atom stereocenters. The molecule has 0 aromatic heterocycles. The molecule has 0 amide bonds. The number of hydrogen-bond acceptors (Lipinski definition) is 4. The van der Waals surface area contributed by atoms with E-state index in [4.69, 9.17) is 14.6 Å². The Hall–Kier alpha value is -1.92. The fourth-order valence-electron chi connectivity index (χ4n) is 2.82. The van der Waals surface area contributed by atoms with Gasteiger partial charge in [0.05, 0.1) is 0 Å². The summed E-state index contributed by atoms with van der Waals surface area (Å²) in [6, 6.07) is 5.96. The SMILES string of the molecule is CCO[C@@H]1OC(C(=O)O)=C[C@H](c2ccc(F)cc2)[C@@H]1CCCO. The summed E-state index contributed by atoms with van der Waals surface area (Å²) in [6.07, 6.45) is 1.98. The molecular formula is C17H21FO5. The summed E-state index contributed by atoms with van der Waals surface area (Å²) in [6.45, 7) is 2.21. The molecule has 0 saturated carbocycles. The van der Waals surface area contributed by atoms with Crippen molar-refractivity contribution in [2.75, 3.05) is 13.2 Å². The van der Waals surface area contributed by atoms with Gasteiger partial charge >= 0.3 is 5.97 Å². The molecule has 2 rings (SSSR count). The summed E-state index contributed by atoms with van der Waals surface area (Å²) < 4.78 is 24.2. The molecular weight excluding hydrogens is 303 g/mol. The topological polar surface area (TPSA) is 76.0 Å². The Labute approximate surface area is 134 Å². The number of ether oxygens (including phenoxy) is 2. The number of carbonyl (C=O) groups is 1. The maximum atomic E-state index is 13.2. The molecule has 1 heterocycles. The van der Waals surface area contributed by atoms with Crippen LogP contribution in [0.15, 0.2) is 36.1 Å². The van der Waals surface area contributed by atoms with Crippen LogP contribution in [-0.2, 0) is 14.3 Å². The number of carboxylic acid groups (broad SMARTS) is 1. The summed E-state index contributed by atoms with van der Waals surface area (Å²) in [5, 5.41) is 18.4. The van der Waals surface area contributed by atoms with Crippen molar-refractivity contribution in [2.45, 2.75) is 32.0 Å². The van der Waals surface area contributed by atoms with Gasteiger partial charge in [-0.25, -0.2) is 9.18 Å². The summed E-state index contributed by atoms with van der Waals surface area (Å²) in [7, 11) is 0. The molecule has 2 N–H and O–H groups in total. The number of carboxylic acids is 1. The van der Waals surface area contributed by atoms with Crippen molar-refractivity contribution in [3.8, 4) is 0 Å². The van der Waals surface area contributed by atoms with Crippen molar-refractivity contribution in [3.05, 3.63) is 47.5 Å². The van der Waals surface area contributed by atoms with Crippen LogP contribution in [0, 0.1) is 11.7 Å². The molecule has 0 unspecified atom stereocenters. The van der Waals surface area contributed by atoms with Crippen LogP contribution in [0.4, 0.5) is 4.39 Å². The molecule has 1 aromatic carbocycles. The van der Waals surface area contributed by atoms with Gasteiger partial charge in [-0.15, -0.1) is 0 Å². The fraction of sp³-hybridized carbons (Fsp3) is 0.471. The van der Waals surface area contributed by atoms with Crippen LogP contribution in [0.2, 0.25) is 0 Å². The van der Waals surface area contributed by atoms with Gasteiger partial charge in [0.15, 0.2) is 0 Å². The molecule has 0 spiro atoms. The zero-order valence-corrected chi connectivity index (χ0v) is 12.9. The van der Waals surface area contributed by atoms with E-state index < -0.39 is 12.3 Å². The Kier molecular flexibility index (Phi) is 6.12. The van der Waals surface area contributed by atoms with E-state index in [9.17, 15) is 14.3 Å². The van der Waals surface area contributed by atoms with Crippen molar-refractivity contribution in [1.82, 2.24) is 0 Å². The molecule has 0 saturated heterocycles. The number of aliphatic carboxylic acids is 1. The molecule has 126 valence electrons. The average Bonchev–Trinajstić information content (AvgIpc) is 2.54. The van der Waals surface area contributed by atoms with Crippen molar-refractivity contribution in [2.24, 2.45) is 5.92 Å². The number of allylic oxidation sites excluding steroid dienone is 1. The van der Waals surface area contributed by atoms with Gasteiger partial charge in [0.2, 0.25) is 12.0 Å². The van der Waals surface area contributed by atoms with Gasteiger partial charge in [0.1, 0.15) is 5.82 Å². The lowest BCUT2D eigenvalue weighted by Crippen LogP contribution is -2.36. The first-order valence-electron chi connectivity index (χ1n) is 7.66. The molecule has 0 radical (unpaired) electrons. The van der Waals surface area contributed by atoms with Gasteiger partial charge in [0, 0.05) is 25.0 Å². The minimum Gasteiger partial charge on any atom is -0.475 e. The summed E-state index contributed by atoms with van der Waals surface area (Å²) in [4.78, 5) is 11.3. The molecule has 0 bridgehead atoms. The van der Waals surface area contributed by atoms with Crippen LogP contribution in [0.1, 0.15) is 31.2 Å². The highest BCUT2D eigenvalue weighted by Crippen LogP contribution is 2.39. The first kappa shape index (κ1) is 17.4. The van der Waals surface area contributed by atoms with Crippen LogP contribution in [0.3, 0.4) is 0 Å². The fourth-order valence-corrected chi connectivity index (χ4v) is 2.82. The quantitative estimate of drug-likeness (QED) is 0.806. The monoisotopic (exact) mass is 324 g/mol. The van der Waals surface area contributed by atoms with Gasteiger partial charge in [0.25, 0.3) is 0 Å². The predicted molar refractivity (Wildman–Crippen MR) is 81.2 cm³/mol. The smallest absolute Gasteiger partial charge is 0.370 e. The lowest BCUT2D eigenvalue weighted by molar-refractivity contribution is -0.173. The Balaban J connectivity index is 2.38. The maximum Gasteiger partial charge on any atom is 0.370 e. The highest BCUT2D eigenvalue weighted by molar-refractivity contribution is 5.84. The summed E-state index contributed by atoms with van der Waals surface area (Å²) in [5.74, 6) is -2.12. The maximum absolute atomic E-state index is 13.2. The number of benzene rings is 1. The van der Waals surface area contributed by atoms with Crippen LogP contribution in [0.25, 0.3) is 0 Å². The number of aliphatic hydroxyl groups excluding tert-OH is 1. The Morgan fingerprint density at radius 3 is 2.61 bits per heavy atom. The van der Waals surface area contributed by atoms with E-state index >= 15 is 0 Å². The summed E-state index contributed by atoms with van der Waals surface area (Å²) in [5.41, 5.74) is 0.793. The van der Waals surface area contributed by atoms with E-state index in [-0.39, 0.29) is 30.0 Å². The normalized spacial score (nSPS) is 24.0. The molecule has 1 aliphatic rings. The molecule has 0 aliphatic carbocycles. The average molecular weight is 324 g/mol. The molecule has 5 nitrogen and oxygen atoms in total. The van der Waals surface area contributed by atoms with E-state index in [1.807, 2.05) is 0 Å². The van der Waals surface area contributed by atoms with Gasteiger partial charge in [-0.1, -0.05) is 12.1 Å². The lowest BCUT2D eigenvalue weighted by atomic mass is 9.80. The van der Waals surface area contributed by atoms with Crippen LogP contribution in [0.5, 0.6) is 0 Å². The van der Waals surface area contributed by atoms with Crippen molar-refractivity contribution < 1.29 is 28.9 Å². The van der Waals surface area contributed by atoms with Gasteiger partial charge < -0.3 is 19.7 Å². The van der Waals surface area contributed by atoms with Crippen molar-refractivity contribution in [3.63, 3.8) is 0 Å². The van der Waals surface area contributed by atoms with Crippen molar-refractivity contribution in [1.29, 1.82) is 0 Å². The highest BCUT2D eigenvalue weighted by Gasteiger charge is 2.37. The third-order valence-electron chi connectivity index (χ3n) is 3.88. The first-order chi connectivity index (χ1) is 11.1. The van der Waals surface area contributed by atoms with Crippen LogP contribution < -0.4 is 0 Å². The van der Waals surface area contributed by atoms with E-state index in [1.54, 1.807) is 19.1 Å². The third kappa shape index (κ3) is 4.30. The van der Waals surface area contributed by atoms with Crippen LogP contribution in [-0.4, -0.2) is 35.7 Å². The first-order valence-corrected chi connectivity index (χ1v) is 7.66. The van der Waals surface area contributed by atoms with Gasteiger partial charge in [-0.2, -0.15) is 0 Å². The Morgan fingerprint density at radius 1 is 1.35 bits per heavy atom. The molecule has 23 heavy (non-hydrogen) atoms. The highest BCUT2D eigenvalue weighted by atomic mass is 19.1. The lowest BCUT2D eigenvalue weighted by Gasteiger charge is -2.36. The third-order valence-corrected chi connectivity index (χ3v) is 3.88. The second kappa shape index (κ2) is 8.08. The zero-order valence-electron chi connectivity index (χ0n) is 12.9. The number of rotatable bonds is 7. The Morgan fingerprint density at radius 2 is 2.04 bits per heavy atom. The Bertz CT molecular complexity index is 555. The second-order valence-electron chi connectivity index (χ2n) is 5.38. The minimum absolute atomic E-state index is 0.0288. The van der Waals surface area contributed by atoms with E-state index in [1.165, 1.54) is 18.2 Å². The molecule has 1 aromatic rings. The van der Waals surface area contributed by atoms with Gasteiger partial charge in [-0.05, 0) is 43.5 Å². The minimum atomic E-state index is -1.16. The predicted octanol–water partition coefficient (Wildman–Crippen LogP) is 2.66. The largest absolute Gasteiger partial charge is 0.475 e. The molecule has 1 aliphatic heterocycles. The molecule has 6 heteroatoms. The number of aliphatic hydroxyl groups is 1. The van der Waals surface area contributed by atoms with E-state index in [0.717, 1.165) is 5.56 Å². The van der Waals surface area contributed by atoms with E-state index in [0.29, 0.717) is 19.4 Å². The number of halogens is 1. The van der Waals surface area contributed by atoms with Crippen molar-refractivity contribution >= 4 is 5.97 Å². The van der Waals surface area contributed by atoms with Crippen LogP contribution >= 0.6 is 0 Å². The zero-order chi connectivity index (χ0) is 16.8.